The average Bonchev–Trinajstić information content (AvgIpc) is 2.85. The molecule has 1 heterocycles. The first-order chi connectivity index (χ1) is 16.0. The van der Waals surface area contributed by atoms with E-state index in [-0.39, 0.29) is 23.8 Å². The van der Waals surface area contributed by atoms with Gasteiger partial charge in [0.2, 0.25) is 5.91 Å². The summed E-state index contributed by atoms with van der Waals surface area (Å²) in [5.74, 6) is 0.971. The lowest BCUT2D eigenvalue weighted by Crippen LogP contribution is -2.44. The number of fused-ring (bicyclic) bond motifs is 1. The van der Waals surface area contributed by atoms with Crippen LogP contribution in [0, 0.1) is 5.92 Å². The summed E-state index contributed by atoms with van der Waals surface area (Å²) in [4.78, 5) is 15.3. The molecule has 1 aliphatic heterocycles. The van der Waals surface area contributed by atoms with Crippen LogP contribution >= 0.6 is 11.8 Å². The number of amides is 1. The van der Waals surface area contributed by atoms with E-state index >= 15 is 0 Å². The maximum Gasteiger partial charge on any atom is 0.238 e. The monoisotopic (exact) mass is 484 g/mol. The molecule has 6 N–H and O–H groups in total. The normalized spacial score (nSPS) is 16.2. The van der Waals surface area contributed by atoms with Gasteiger partial charge in [0.1, 0.15) is 11.0 Å². The van der Waals surface area contributed by atoms with E-state index in [9.17, 15) is 4.79 Å². The Kier molecular flexibility index (Phi) is 13.1. The quantitative estimate of drug-likeness (QED) is 0.227. The van der Waals surface area contributed by atoms with Crippen LogP contribution in [0.2, 0.25) is 0 Å². The molecule has 2 rings (SSSR count). The van der Waals surface area contributed by atoms with Crippen LogP contribution in [0.3, 0.4) is 0 Å². The molecule has 0 bridgehead atoms. The van der Waals surface area contributed by atoms with Gasteiger partial charge >= 0.3 is 0 Å². The van der Waals surface area contributed by atoms with E-state index in [0.717, 1.165) is 17.7 Å². The summed E-state index contributed by atoms with van der Waals surface area (Å²) in [5, 5.41) is -0.647. The molecule has 0 radical (unpaired) electrons. The number of methoxy groups -OCH3 is 1. The molecule has 1 aliphatic rings. The molecule has 0 aromatic heterocycles. The Bertz CT molecular complexity index is 711. The summed E-state index contributed by atoms with van der Waals surface area (Å²) < 4.78 is 21.9. The van der Waals surface area contributed by atoms with Gasteiger partial charge in [-0.3, -0.25) is 4.79 Å². The molecule has 0 spiro atoms. The van der Waals surface area contributed by atoms with E-state index in [1.54, 1.807) is 7.11 Å². The van der Waals surface area contributed by atoms with E-state index in [1.807, 2.05) is 30.0 Å². The highest BCUT2D eigenvalue weighted by Gasteiger charge is 2.30. The van der Waals surface area contributed by atoms with E-state index in [4.69, 9.17) is 36.1 Å². The van der Waals surface area contributed by atoms with Gasteiger partial charge in [-0.1, -0.05) is 13.0 Å². The van der Waals surface area contributed by atoms with Gasteiger partial charge in [-0.05, 0) is 42.1 Å². The summed E-state index contributed by atoms with van der Waals surface area (Å²) in [6.07, 6.45) is 0.793. The van der Waals surface area contributed by atoms with Crippen molar-refractivity contribution < 1.29 is 23.7 Å². The number of ether oxygens (including phenoxy) is 4. The van der Waals surface area contributed by atoms with Crippen molar-refractivity contribution in [3.8, 4) is 5.75 Å². The first kappa shape index (κ1) is 27.8. The molecule has 0 fully saturated rings. The van der Waals surface area contributed by atoms with Crippen molar-refractivity contribution in [1.29, 1.82) is 0 Å². The zero-order valence-electron chi connectivity index (χ0n) is 19.9. The summed E-state index contributed by atoms with van der Waals surface area (Å²) in [6, 6.07) is 6.01. The highest BCUT2D eigenvalue weighted by Crippen LogP contribution is 2.27. The summed E-state index contributed by atoms with van der Waals surface area (Å²) in [6.45, 7) is 6.79. The number of nitrogens with zero attached hydrogens (tertiary/aromatic N) is 1. The molecule has 1 aromatic carbocycles. The standard InChI is InChI=1S/C23H40N4O5S/c1-17(14-25)22(26)33-21(16-32-12-11-31-10-9-30-8-6-24)23(28)27-7-5-18-13-20(29-2)4-3-19(18)15-27/h3-4,13,17,21-22H,5-12,14-16,24-26H2,1-2H3/t17?,21-,22?/m0/s1. The summed E-state index contributed by atoms with van der Waals surface area (Å²) >= 11 is 1.43. The topological polar surface area (TPSA) is 135 Å². The molecule has 188 valence electrons. The van der Waals surface area contributed by atoms with Crippen molar-refractivity contribution in [2.75, 3.05) is 66.4 Å². The maximum atomic E-state index is 13.4. The predicted octanol–water partition coefficient (Wildman–Crippen LogP) is 0.570. The van der Waals surface area contributed by atoms with Gasteiger partial charge in [0, 0.05) is 19.6 Å². The molecule has 10 heteroatoms. The zero-order chi connectivity index (χ0) is 24.1. The van der Waals surface area contributed by atoms with Crippen molar-refractivity contribution in [2.45, 2.75) is 30.5 Å². The Morgan fingerprint density at radius 3 is 2.45 bits per heavy atom. The Labute approximate surface area is 201 Å². The maximum absolute atomic E-state index is 13.4. The lowest BCUT2D eigenvalue weighted by atomic mass is 9.99. The van der Waals surface area contributed by atoms with Crippen LogP contribution in [0.4, 0.5) is 0 Å². The van der Waals surface area contributed by atoms with Gasteiger partial charge in [0.15, 0.2) is 0 Å². The summed E-state index contributed by atoms with van der Waals surface area (Å²) in [5.41, 5.74) is 19.8. The van der Waals surface area contributed by atoms with Gasteiger partial charge < -0.3 is 41.0 Å². The molecule has 2 unspecified atom stereocenters. The minimum absolute atomic E-state index is 0.0391. The fourth-order valence-corrected chi connectivity index (χ4v) is 4.59. The van der Waals surface area contributed by atoms with Crippen LogP contribution in [0.5, 0.6) is 5.75 Å². The largest absolute Gasteiger partial charge is 0.497 e. The Hall–Kier alpha value is -1.40. The van der Waals surface area contributed by atoms with E-state index in [1.165, 1.54) is 17.3 Å². The number of thioether (sulfide) groups is 1. The van der Waals surface area contributed by atoms with Crippen molar-refractivity contribution in [3.63, 3.8) is 0 Å². The smallest absolute Gasteiger partial charge is 0.238 e. The first-order valence-electron chi connectivity index (χ1n) is 11.5. The van der Waals surface area contributed by atoms with Gasteiger partial charge in [0.05, 0.1) is 52.1 Å². The van der Waals surface area contributed by atoms with Crippen LogP contribution in [-0.2, 0) is 32.0 Å². The second-order valence-corrected chi connectivity index (χ2v) is 9.42. The van der Waals surface area contributed by atoms with Gasteiger partial charge in [-0.2, -0.15) is 0 Å². The molecule has 1 amide bonds. The minimum Gasteiger partial charge on any atom is -0.497 e. The highest BCUT2D eigenvalue weighted by molar-refractivity contribution is 8.01. The molecule has 0 saturated heterocycles. The number of carbonyl (C=O) groups is 1. The first-order valence-corrected chi connectivity index (χ1v) is 12.4. The molecule has 33 heavy (non-hydrogen) atoms. The third kappa shape index (κ3) is 9.40. The van der Waals surface area contributed by atoms with E-state index in [0.29, 0.717) is 59.2 Å². The fraction of sp³-hybridized carbons (Fsp3) is 0.696. The Balaban J connectivity index is 1.89. The number of hydrogen-bond donors (Lipinski definition) is 3. The van der Waals surface area contributed by atoms with Crippen molar-refractivity contribution in [1.82, 2.24) is 4.90 Å². The third-order valence-corrected chi connectivity index (χ3v) is 6.99. The van der Waals surface area contributed by atoms with Gasteiger partial charge in [0.25, 0.3) is 0 Å². The van der Waals surface area contributed by atoms with E-state index in [2.05, 4.69) is 0 Å². The lowest BCUT2D eigenvalue weighted by molar-refractivity contribution is -0.132. The number of carbonyl (C=O) groups excluding carboxylic acids is 1. The van der Waals surface area contributed by atoms with Gasteiger partial charge in [-0.25, -0.2) is 0 Å². The number of rotatable bonds is 16. The molecule has 0 saturated carbocycles. The van der Waals surface area contributed by atoms with Gasteiger partial charge in [-0.15, -0.1) is 11.8 Å². The highest BCUT2D eigenvalue weighted by atomic mass is 32.2. The Morgan fingerprint density at radius 1 is 1.09 bits per heavy atom. The lowest BCUT2D eigenvalue weighted by Gasteiger charge is -2.33. The summed E-state index contributed by atoms with van der Waals surface area (Å²) in [7, 11) is 1.66. The molecular formula is C23H40N4O5S. The van der Waals surface area contributed by atoms with Crippen LogP contribution in [-0.4, -0.2) is 87.8 Å². The van der Waals surface area contributed by atoms with Crippen LogP contribution in [0.1, 0.15) is 18.1 Å². The van der Waals surface area contributed by atoms with Crippen molar-refractivity contribution in [3.05, 3.63) is 29.3 Å². The van der Waals surface area contributed by atoms with Crippen LogP contribution < -0.4 is 21.9 Å². The zero-order valence-corrected chi connectivity index (χ0v) is 20.7. The number of hydrogen-bond acceptors (Lipinski definition) is 9. The Morgan fingerprint density at radius 2 is 1.79 bits per heavy atom. The third-order valence-electron chi connectivity index (χ3n) is 5.54. The number of benzene rings is 1. The predicted molar refractivity (Wildman–Crippen MR) is 131 cm³/mol. The average molecular weight is 485 g/mol. The second kappa shape index (κ2) is 15.5. The van der Waals surface area contributed by atoms with E-state index < -0.39 is 5.25 Å². The second-order valence-electron chi connectivity index (χ2n) is 8.04. The van der Waals surface area contributed by atoms with Crippen molar-refractivity contribution >= 4 is 17.7 Å². The van der Waals surface area contributed by atoms with Crippen LogP contribution in [0.25, 0.3) is 0 Å². The minimum atomic E-state index is -0.401. The molecule has 1 aromatic rings. The number of nitrogens with two attached hydrogens (primary N) is 3. The molecule has 3 atom stereocenters. The fourth-order valence-electron chi connectivity index (χ4n) is 3.39. The molecule has 0 aliphatic carbocycles. The molecular weight excluding hydrogens is 444 g/mol. The SMILES string of the molecule is COc1ccc2c(c1)CCN(C(=O)[C@H](COCCOCCOCCN)SC(N)C(C)CN)C2. The van der Waals surface area contributed by atoms with Crippen molar-refractivity contribution in [2.24, 2.45) is 23.1 Å². The molecule has 9 nitrogen and oxygen atoms in total. The van der Waals surface area contributed by atoms with Crippen LogP contribution in [0.15, 0.2) is 18.2 Å².